The summed E-state index contributed by atoms with van der Waals surface area (Å²) in [5, 5.41) is 0. The van der Waals surface area contributed by atoms with Crippen molar-refractivity contribution >= 4 is 19.8 Å². The van der Waals surface area contributed by atoms with Crippen LogP contribution in [0.5, 0.6) is 0 Å². The van der Waals surface area contributed by atoms with Gasteiger partial charge in [-0.15, -0.1) is 0 Å². The van der Waals surface area contributed by atoms with Crippen molar-refractivity contribution in [3.05, 3.63) is 24.3 Å². The molecule has 0 amide bonds. The van der Waals surface area contributed by atoms with E-state index in [1.165, 1.54) is 70.6 Å². The van der Waals surface area contributed by atoms with Gasteiger partial charge in [0, 0.05) is 19.4 Å². The molecule has 0 aromatic heterocycles. The minimum absolute atomic E-state index is 0.0529. The Morgan fingerprint density at radius 1 is 0.667 bits per heavy atom. The molecule has 0 aliphatic carbocycles. The molecule has 0 radical (unpaired) electrons. The summed E-state index contributed by atoms with van der Waals surface area (Å²) >= 11 is 0. The van der Waals surface area contributed by atoms with Crippen molar-refractivity contribution in [3.8, 4) is 0 Å². The molecule has 0 bridgehead atoms. The molecule has 0 aromatic rings. The van der Waals surface area contributed by atoms with Gasteiger partial charge in [0.15, 0.2) is 6.10 Å². The van der Waals surface area contributed by atoms with Crippen molar-refractivity contribution in [1.29, 1.82) is 0 Å². The van der Waals surface area contributed by atoms with Gasteiger partial charge >= 0.3 is 19.8 Å². The molecule has 0 aliphatic heterocycles. The van der Waals surface area contributed by atoms with Crippen LogP contribution in [0.4, 0.5) is 0 Å². The lowest BCUT2D eigenvalue weighted by Crippen LogP contribution is -2.29. The molecule has 0 aliphatic rings. The van der Waals surface area contributed by atoms with Gasteiger partial charge < -0.3 is 20.1 Å². The first-order valence-electron chi connectivity index (χ1n) is 17.8. The van der Waals surface area contributed by atoms with Crippen LogP contribution < -0.4 is 5.73 Å². The van der Waals surface area contributed by atoms with Crippen LogP contribution in [0.3, 0.4) is 0 Å². The molecular weight excluding hydrogens is 593 g/mol. The Labute approximate surface area is 274 Å². The van der Waals surface area contributed by atoms with Crippen LogP contribution in [0, 0.1) is 0 Å². The Kier molecular flexibility index (Phi) is 31.3. The molecule has 0 rings (SSSR count). The normalized spacial score (nSPS) is 13.8. The van der Waals surface area contributed by atoms with Gasteiger partial charge in [-0.05, 0) is 44.9 Å². The SMILES string of the molecule is CCCCCCC/C=C\C/C=C\CCCCCCCCCCCC(=O)OC(COC(=O)CCCCC)COP(=O)(O)OCCN. The molecule has 3 N–H and O–H groups in total. The Balaban J connectivity index is 3.97. The van der Waals surface area contributed by atoms with Crippen molar-refractivity contribution in [2.75, 3.05) is 26.4 Å². The van der Waals surface area contributed by atoms with Crippen molar-refractivity contribution in [2.45, 2.75) is 161 Å². The third kappa shape index (κ3) is 32.2. The molecule has 45 heavy (non-hydrogen) atoms. The monoisotopic (exact) mass is 659 g/mol. The number of phosphoric acid groups is 1. The number of phosphoric ester groups is 1. The summed E-state index contributed by atoms with van der Waals surface area (Å²) in [4.78, 5) is 34.1. The number of hydrogen-bond donors (Lipinski definition) is 2. The number of ether oxygens (including phenoxy) is 2. The zero-order valence-electron chi connectivity index (χ0n) is 28.6. The molecule has 0 saturated heterocycles. The quantitative estimate of drug-likeness (QED) is 0.0306. The second kappa shape index (κ2) is 32.4. The van der Waals surface area contributed by atoms with E-state index < -0.39 is 32.5 Å². The Bertz CT molecular complexity index is 805. The summed E-state index contributed by atoms with van der Waals surface area (Å²) in [5.41, 5.74) is 5.29. The lowest BCUT2D eigenvalue weighted by Gasteiger charge is -2.19. The molecule has 264 valence electrons. The van der Waals surface area contributed by atoms with Gasteiger partial charge in [-0.2, -0.15) is 0 Å². The number of rotatable bonds is 33. The van der Waals surface area contributed by atoms with Gasteiger partial charge in [0.2, 0.25) is 0 Å². The maximum atomic E-state index is 12.4. The van der Waals surface area contributed by atoms with Crippen LogP contribution in [0.2, 0.25) is 0 Å². The molecule has 2 unspecified atom stereocenters. The van der Waals surface area contributed by atoms with Crippen LogP contribution in [0.1, 0.15) is 155 Å². The van der Waals surface area contributed by atoms with Gasteiger partial charge in [-0.3, -0.25) is 18.6 Å². The predicted octanol–water partition coefficient (Wildman–Crippen LogP) is 9.27. The highest BCUT2D eigenvalue weighted by molar-refractivity contribution is 7.47. The van der Waals surface area contributed by atoms with Crippen LogP contribution in [0.25, 0.3) is 0 Å². The summed E-state index contributed by atoms with van der Waals surface area (Å²) in [6.07, 6.45) is 31.5. The van der Waals surface area contributed by atoms with Gasteiger partial charge in [0.05, 0.1) is 13.2 Å². The Hall–Kier alpha value is -1.51. The molecule has 2 atom stereocenters. The maximum Gasteiger partial charge on any atom is 0.472 e. The highest BCUT2D eigenvalue weighted by Crippen LogP contribution is 2.43. The number of unbranched alkanes of at least 4 members (excludes halogenated alkanes) is 16. The Morgan fingerprint density at radius 2 is 1.16 bits per heavy atom. The van der Waals surface area contributed by atoms with Gasteiger partial charge in [-0.1, -0.05) is 122 Å². The predicted molar refractivity (Wildman–Crippen MR) is 183 cm³/mol. The second-order valence-electron chi connectivity index (χ2n) is 11.7. The Morgan fingerprint density at radius 3 is 1.73 bits per heavy atom. The number of carbonyl (C=O) groups excluding carboxylic acids is 2. The van der Waals surface area contributed by atoms with Gasteiger partial charge in [0.1, 0.15) is 6.61 Å². The summed E-state index contributed by atoms with van der Waals surface area (Å²) in [7, 11) is -4.35. The van der Waals surface area contributed by atoms with E-state index in [0.717, 1.165) is 44.9 Å². The first-order chi connectivity index (χ1) is 21.8. The molecule has 0 spiro atoms. The van der Waals surface area contributed by atoms with Gasteiger partial charge in [0.25, 0.3) is 0 Å². The van der Waals surface area contributed by atoms with E-state index in [9.17, 15) is 19.0 Å². The summed E-state index contributed by atoms with van der Waals surface area (Å²) in [6.45, 7) is 3.51. The zero-order chi connectivity index (χ0) is 33.3. The second-order valence-corrected chi connectivity index (χ2v) is 13.2. The van der Waals surface area contributed by atoms with Crippen LogP contribution in [0.15, 0.2) is 24.3 Å². The lowest BCUT2D eigenvalue weighted by atomic mass is 10.1. The maximum absolute atomic E-state index is 12.4. The number of allylic oxidation sites excluding steroid dienone is 4. The number of nitrogens with two attached hydrogens (primary N) is 1. The molecule has 9 nitrogen and oxygen atoms in total. The number of esters is 2. The van der Waals surface area contributed by atoms with E-state index in [-0.39, 0.29) is 32.6 Å². The molecule has 0 aromatic carbocycles. The first kappa shape index (κ1) is 43.5. The van der Waals surface area contributed by atoms with Crippen molar-refractivity contribution < 1.29 is 37.6 Å². The fourth-order valence-electron chi connectivity index (χ4n) is 4.66. The molecule has 0 fully saturated rings. The lowest BCUT2D eigenvalue weighted by molar-refractivity contribution is -0.161. The van der Waals surface area contributed by atoms with E-state index >= 15 is 0 Å². The topological polar surface area (TPSA) is 134 Å². The largest absolute Gasteiger partial charge is 0.472 e. The third-order valence-electron chi connectivity index (χ3n) is 7.34. The highest BCUT2D eigenvalue weighted by atomic mass is 31.2. The van der Waals surface area contributed by atoms with Crippen LogP contribution in [-0.2, 0) is 32.7 Å². The minimum atomic E-state index is -4.35. The molecule has 0 saturated carbocycles. The standard InChI is InChI=1S/C35H66NO8P/c1-3-5-7-8-9-10-11-12-13-14-15-16-17-18-19-20-21-22-23-24-26-28-35(38)44-33(31-41-34(37)27-25-6-4-2)32-43-45(39,40)42-30-29-36/h11-12,14-15,33H,3-10,13,16-32,36H2,1-2H3,(H,39,40)/b12-11-,15-14-. The average Bonchev–Trinajstić information content (AvgIpc) is 3.02. The zero-order valence-corrected chi connectivity index (χ0v) is 29.5. The molecule has 0 heterocycles. The average molecular weight is 660 g/mol. The summed E-state index contributed by atoms with van der Waals surface area (Å²) < 4.78 is 32.2. The van der Waals surface area contributed by atoms with Crippen LogP contribution >= 0.6 is 7.82 Å². The minimum Gasteiger partial charge on any atom is -0.462 e. The summed E-state index contributed by atoms with van der Waals surface area (Å²) in [6, 6.07) is 0. The fourth-order valence-corrected chi connectivity index (χ4v) is 5.43. The van der Waals surface area contributed by atoms with E-state index in [1.54, 1.807) is 0 Å². The highest BCUT2D eigenvalue weighted by Gasteiger charge is 2.25. The van der Waals surface area contributed by atoms with E-state index in [1.807, 2.05) is 6.92 Å². The van der Waals surface area contributed by atoms with Crippen LogP contribution in [-0.4, -0.2) is 49.3 Å². The van der Waals surface area contributed by atoms with Crippen molar-refractivity contribution in [2.24, 2.45) is 5.73 Å². The smallest absolute Gasteiger partial charge is 0.462 e. The first-order valence-corrected chi connectivity index (χ1v) is 19.3. The number of carbonyl (C=O) groups is 2. The van der Waals surface area contributed by atoms with E-state index in [2.05, 4.69) is 31.2 Å². The molecular formula is C35H66NO8P. The van der Waals surface area contributed by atoms with Crippen molar-refractivity contribution in [1.82, 2.24) is 0 Å². The number of hydrogen-bond acceptors (Lipinski definition) is 8. The van der Waals surface area contributed by atoms with Gasteiger partial charge in [-0.25, -0.2) is 4.57 Å². The fraction of sp³-hybridized carbons (Fsp3) is 0.829. The van der Waals surface area contributed by atoms with Crippen molar-refractivity contribution in [3.63, 3.8) is 0 Å². The summed E-state index contributed by atoms with van der Waals surface area (Å²) in [5.74, 6) is -0.862. The van der Waals surface area contributed by atoms with E-state index in [4.69, 9.17) is 24.3 Å². The van der Waals surface area contributed by atoms with E-state index in [0.29, 0.717) is 12.8 Å². The third-order valence-corrected chi connectivity index (χ3v) is 8.32. The molecule has 10 heteroatoms.